The molecule has 146 valence electrons. The Kier molecular flexibility index (Phi) is 3.66. The molecule has 3 saturated heterocycles. The Morgan fingerprint density at radius 2 is 2.19 bits per heavy atom. The standard InChI is InChI=1S/C20H26N2O5/c1-4-16-20(24)9-17-19(8-14(21-16)13(20)10-27-17)12-6-5-11(25-2)7-15(12)22(26-3)18(19)23/h5-7,13-14,16-17,21,24H,4,8-10H2,1-3H3. The van der Waals surface area contributed by atoms with Gasteiger partial charge in [0.15, 0.2) is 0 Å². The highest BCUT2D eigenvalue weighted by atomic mass is 16.7. The number of carbonyl (C=O) groups is 1. The number of carbonyl (C=O) groups excluding carboxylic acids is 1. The molecule has 1 saturated carbocycles. The molecule has 4 bridgehead atoms. The number of nitrogens with one attached hydrogen (secondary N) is 1. The normalized spacial score (nSPS) is 41.9. The zero-order valence-corrected chi connectivity index (χ0v) is 15.9. The van der Waals surface area contributed by atoms with Gasteiger partial charge in [-0.25, -0.2) is 0 Å². The molecule has 1 aliphatic carbocycles. The van der Waals surface area contributed by atoms with Crippen LogP contribution < -0.4 is 15.1 Å². The Morgan fingerprint density at radius 1 is 1.37 bits per heavy atom. The van der Waals surface area contributed by atoms with Gasteiger partial charge in [0.1, 0.15) is 11.2 Å². The number of hydrogen-bond acceptors (Lipinski definition) is 6. The summed E-state index contributed by atoms with van der Waals surface area (Å²) in [5.74, 6) is 0.554. The number of fused-ring (bicyclic) bond motifs is 2. The molecule has 7 heteroatoms. The van der Waals surface area contributed by atoms with Gasteiger partial charge in [0.05, 0.1) is 38.2 Å². The molecule has 1 spiro atoms. The summed E-state index contributed by atoms with van der Waals surface area (Å²) in [5, 5.41) is 16.5. The number of methoxy groups -OCH3 is 1. The summed E-state index contributed by atoms with van der Waals surface area (Å²) in [6, 6.07) is 5.73. The molecule has 27 heavy (non-hydrogen) atoms. The molecule has 2 N–H and O–H groups in total. The molecule has 0 radical (unpaired) electrons. The number of aliphatic hydroxyl groups is 1. The van der Waals surface area contributed by atoms with Gasteiger partial charge in [0, 0.05) is 30.5 Å². The number of hydrogen-bond donors (Lipinski definition) is 2. The van der Waals surface area contributed by atoms with Crippen molar-refractivity contribution in [1.82, 2.24) is 5.32 Å². The first kappa shape index (κ1) is 17.4. The van der Waals surface area contributed by atoms with Crippen molar-refractivity contribution in [1.29, 1.82) is 0 Å². The molecule has 7 nitrogen and oxygen atoms in total. The SMILES string of the molecule is CCC1NC2CC3(C(=O)N(OC)c4cc(OC)ccc43)C3CC1(O)C2CO3. The van der Waals surface area contributed by atoms with Crippen LogP contribution >= 0.6 is 0 Å². The maximum atomic E-state index is 13.6. The lowest BCUT2D eigenvalue weighted by atomic mass is 9.70. The Balaban J connectivity index is 1.67. The number of benzene rings is 1. The predicted octanol–water partition coefficient (Wildman–Crippen LogP) is 1.13. The fourth-order valence-corrected chi connectivity index (χ4v) is 6.00. The molecule has 6 atom stereocenters. The maximum Gasteiger partial charge on any atom is 0.264 e. The largest absolute Gasteiger partial charge is 0.497 e. The van der Waals surface area contributed by atoms with Crippen LogP contribution in [0.15, 0.2) is 18.2 Å². The second-order valence-corrected chi connectivity index (χ2v) is 8.20. The molecule has 4 heterocycles. The van der Waals surface area contributed by atoms with E-state index in [-0.39, 0.29) is 30.0 Å². The molecular weight excluding hydrogens is 348 g/mol. The highest BCUT2D eigenvalue weighted by Crippen LogP contribution is 2.58. The lowest BCUT2D eigenvalue weighted by Gasteiger charge is -2.44. The molecule has 6 unspecified atom stereocenters. The number of anilines is 1. The molecule has 5 aliphatic rings. The summed E-state index contributed by atoms with van der Waals surface area (Å²) in [6.45, 7) is 2.56. The van der Waals surface area contributed by atoms with Crippen LogP contribution in [0.25, 0.3) is 0 Å². The van der Waals surface area contributed by atoms with Crippen molar-refractivity contribution in [2.75, 3.05) is 25.9 Å². The first-order valence-corrected chi connectivity index (χ1v) is 9.66. The monoisotopic (exact) mass is 374 g/mol. The van der Waals surface area contributed by atoms with Crippen molar-refractivity contribution < 1.29 is 24.2 Å². The van der Waals surface area contributed by atoms with E-state index in [1.54, 1.807) is 7.11 Å². The van der Waals surface area contributed by atoms with Gasteiger partial charge in [0.25, 0.3) is 5.91 Å². The summed E-state index contributed by atoms with van der Waals surface area (Å²) in [5.41, 5.74) is -0.0931. The minimum absolute atomic E-state index is 0.00386. The van der Waals surface area contributed by atoms with Gasteiger partial charge in [-0.1, -0.05) is 13.0 Å². The zero-order chi connectivity index (χ0) is 19.0. The topological polar surface area (TPSA) is 80.3 Å². The second kappa shape index (κ2) is 5.67. The average Bonchev–Trinajstić information content (AvgIpc) is 2.96. The molecule has 1 aromatic rings. The summed E-state index contributed by atoms with van der Waals surface area (Å²) >= 11 is 0. The quantitative estimate of drug-likeness (QED) is 0.826. The molecule has 6 rings (SSSR count). The Bertz CT molecular complexity index is 801. The van der Waals surface area contributed by atoms with E-state index in [9.17, 15) is 9.90 Å². The van der Waals surface area contributed by atoms with Gasteiger partial charge in [-0.3, -0.25) is 9.63 Å². The van der Waals surface area contributed by atoms with Gasteiger partial charge in [0.2, 0.25) is 0 Å². The van der Waals surface area contributed by atoms with E-state index in [0.717, 1.165) is 12.0 Å². The lowest BCUT2D eigenvalue weighted by Crippen LogP contribution is -2.58. The third-order valence-corrected chi connectivity index (χ3v) is 7.29. The van der Waals surface area contributed by atoms with Crippen LogP contribution in [-0.4, -0.2) is 55.6 Å². The number of rotatable bonds is 3. The number of hydroxylamine groups is 1. The molecule has 1 amide bonds. The number of amides is 1. The fraction of sp³-hybridized carbons (Fsp3) is 0.650. The highest BCUT2D eigenvalue weighted by Gasteiger charge is 2.69. The van der Waals surface area contributed by atoms with Crippen LogP contribution in [0.1, 0.15) is 31.7 Å². The molecule has 0 aromatic heterocycles. The Morgan fingerprint density at radius 3 is 2.89 bits per heavy atom. The van der Waals surface area contributed by atoms with Crippen LogP contribution in [-0.2, 0) is 19.8 Å². The Hall–Kier alpha value is -1.67. The number of ether oxygens (including phenoxy) is 2. The van der Waals surface area contributed by atoms with E-state index in [1.165, 1.54) is 12.2 Å². The number of nitrogens with zero attached hydrogens (tertiary/aromatic N) is 1. The van der Waals surface area contributed by atoms with Gasteiger partial charge < -0.3 is 19.9 Å². The van der Waals surface area contributed by atoms with Crippen molar-refractivity contribution in [2.24, 2.45) is 5.92 Å². The van der Waals surface area contributed by atoms with Gasteiger partial charge in [-0.2, -0.15) is 5.06 Å². The van der Waals surface area contributed by atoms with Crippen molar-refractivity contribution >= 4 is 11.6 Å². The van der Waals surface area contributed by atoms with E-state index in [0.29, 0.717) is 30.9 Å². The molecular formula is C20H26N2O5. The Labute approximate surface area is 158 Å². The summed E-state index contributed by atoms with van der Waals surface area (Å²) in [7, 11) is 3.10. The maximum absolute atomic E-state index is 13.6. The zero-order valence-electron chi connectivity index (χ0n) is 15.9. The molecule has 4 aliphatic heterocycles. The average molecular weight is 374 g/mol. The van der Waals surface area contributed by atoms with Crippen molar-refractivity contribution in [3.8, 4) is 5.75 Å². The van der Waals surface area contributed by atoms with Crippen molar-refractivity contribution in [3.05, 3.63) is 23.8 Å². The second-order valence-electron chi connectivity index (χ2n) is 8.20. The van der Waals surface area contributed by atoms with E-state index < -0.39 is 11.0 Å². The van der Waals surface area contributed by atoms with Gasteiger partial charge in [-0.15, -0.1) is 0 Å². The predicted molar refractivity (Wildman–Crippen MR) is 97.6 cm³/mol. The third kappa shape index (κ3) is 1.98. The van der Waals surface area contributed by atoms with Crippen LogP contribution in [0, 0.1) is 5.92 Å². The van der Waals surface area contributed by atoms with Crippen molar-refractivity contribution in [2.45, 2.75) is 55.4 Å². The molecule has 4 fully saturated rings. The van der Waals surface area contributed by atoms with Crippen LogP contribution in [0.5, 0.6) is 5.75 Å². The van der Waals surface area contributed by atoms with Crippen LogP contribution in [0.3, 0.4) is 0 Å². The molecule has 1 aromatic carbocycles. The minimum atomic E-state index is -0.854. The summed E-state index contributed by atoms with van der Waals surface area (Å²) < 4.78 is 11.6. The highest BCUT2D eigenvalue weighted by molar-refractivity contribution is 6.07. The van der Waals surface area contributed by atoms with E-state index >= 15 is 0 Å². The van der Waals surface area contributed by atoms with Gasteiger partial charge in [-0.05, 0) is 24.5 Å². The third-order valence-electron chi connectivity index (χ3n) is 7.29. The van der Waals surface area contributed by atoms with Crippen LogP contribution in [0.2, 0.25) is 0 Å². The van der Waals surface area contributed by atoms with Crippen LogP contribution in [0.4, 0.5) is 5.69 Å². The van der Waals surface area contributed by atoms with Gasteiger partial charge >= 0.3 is 0 Å². The lowest BCUT2D eigenvalue weighted by molar-refractivity contribution is -0.157. The van der Waals surface area contributed by atoms with E-state index in [4.69, 9.17) is 14.3 Å². The smallest absolute Gasteiger partial charge is 0.264 e. The fourth-order valence-electron chi connectivity index (χ4n) is 6.00. The van der Waals surface area contributed by atoms with E-state index in [2.05, 4.69) is 12.2 Å². The summed E-state index contributed by atoms with van der Waals surface area (Å²) in [4.78, 5) is 19.1. The first-order chi connectivity index (χ1) is 13.0. The minimum Gasteiger partial charge on any atom is -0.497 e. The summed E-state index contributed by atoms with van der Waals surface area (Å²) in [6.07, 6.45) is 1.53. The van der Waals surface area contributed by atoms with Crippen molar-refractivity contribution in [3.63, 3.8) is 0 Å². The van der Waals surface area contributed by atoms with E-state index in [1.807, 2.05) is 18.2 Å². The first-order valence-electron chi connectivity index (χ1n) is 9.66.